The molecule has 1 rings (SSSR count). The van der Waals surface area contributed by atoms with E-state index in [0.717, 1.165) is 5.92 Å². The van der Waals surface area contributed by atoms with Crippen molar-refractivity contribution < 1.29 is 14.0 Å². The average molecular weight is 508 g/mol. The first-order chi connectivity index (χ1) is 16.4. The highest BCUT2D eigenvalue weighted by Crippen LogP contribution is 2.21. The Labute approximate surface area is 214 Å². The number of halogens is 2. The number of hydrogen-bond acceptors (Lipinski definition) is 5. The zero-order valence-electron chi connectivity index (χ0n) is 22.3. The summed E-state index contributed by atoms with van der Waals surface area (Å²) in [7, 11) is 1.66. The molecule has 2 N–H and O–H groups in total. The van der Waals surface area contributed by atoms with E-state index >= 15 is 0 Å². The second-order valence-corrected chi connectivity index (χ2v) is 8.55. The maximum atomic E-state index is 13.3. The number of benzene rings is 1. The van der Waals surface area contributed by atoms with Gasteiger partial charge in [0, 0.05) is 26.7 Å². The number of allylic oxidation sites excluding steroid dienone is 2. The van der Waals surface area contributed by atoms with E-state index in [4.69, 9.17) is 11.6 Å². The molecule has 0 aromatic heterocycles. The molecule has 0 heterocycles. The van der Waals surface area contributed by atoms with Crippen molar-refractivity contribution in [2.45, 2.75) is 68.4 Å². The van der Waals surface area contributed by atoms with Gasteiger partial charge in [-0.2, -0.15) is 5.10 Å². The highest BCUT2D eigenvalue weighted by atomic mass is 35.5. The molecule has 0 saturated heterocycles. The quantitative estimate of drug-likeness (QED) is 0.153. The van der Waals surface area contributed by atoms with E-state index in [2.05, 4.69) is 41.5 Å². The van der Waals surface area contributed by atoms with Gasteiger partial charge in [0.25, 0.3) is 5.91 Å². The fraction of sp³-hybridized carbons (Fsp3) is 0.462. The Balaban J connectivity index is 0.00000209. The maximum Gasteiger partial charge on any atom is 0.253 e. The molecule has 0 bridgehead atoms. The minimum Gasteiger partial charge on any atom is -0.348 e. The molecule has 0 aliphatic heterocycles. The summed E-state index contributed by atoms with van der Waals surface area (Å²) in [5.41, 5.74) is 2.03. The van der Waals surface area contributed by atoms with E-state index in [1.165, 1.54) is 30.5 Å². The van der Waals surface area contributed by atoms with Crippen LogP contribution in [0.1, 0.15) is 67.4 Å². The standard InChI is InChI=1S/C21H27ClFN5O2.C5H12/c1-7-17(21(30)25-12-16-9-10-19(23)18(22)11-16)20(13(3)24-8-2)28(6)27-14(4)26-15(5)29;1-4-5(2)3/h7-11H,12H2,1-6H3,(H,25,30)(H,26,27,29);5H,4H2,1-3H3/b17-7-,20-13+,24-8?;. The zero-order valence-corrected chi connectivity index (χ0v) is 23.0. The number of likely N-dealkylation sites (N-methyl/N-ethyl adjacent to an activating group) is 1. The summed E-state index contributed by atoms with van der Waals surface area (Å²) in [6.07, 6.45) is 4.57. The average Bonchev–Trinajstić information content (AvgIpc) is 2.77. The summed E-state index contributed by atoms with van der Waals surface area (Å²) >= 11 is 5.80. The Morgan fingerprint density at radius 1 is 1.20 bits per heavy atom. The van der Waals surface area contributed by atoms with Crippen LogP contribution in [0.15, 0.2) is 51.3 Å². The summed E-state index contributed by atoms with van der Waals surface area (Å²) in [5, 5.41) is 11.2. The molecular weight excluding hydrogens is 469 g/mol. The Morgan fingerprint density at radius 2 is 1.80 bits per heavy atom. The molecule has 9 heteroatoms. The minimum absolute atomic E-state index is 0.00997. The van der Waals surface area contributed by atoms with Crippen LogP contribution in [-0.4, -0.2) is 35.9 Å². The molecule has 194 valence electrons. The number of amidine groups is 1. The van der Waals surface area contributed by atoms with E-state index in [0.29, 0.717) is 28.4 Å². The van der Waals surface area contributed by atoms with Crippen LogP contribution < -0.4 is 10.6 Å². The van der Waals surface area contributed by atoms with Crippen molar-refractivity contribution in [1.29, 1.82) is 0 Å². The van der Waals surface area contributed by atoms with Crippen molar-refractivity contribution in [2.75, 3.05) is 7.05 Å². The third-order valence-electron chi connectivity index (χ3n) is 4.69. The molecule has 0 atom stereocenters. The first kappa shape index (κ1) is 32.0. The molecule has 0 unspecified atom stereocenters. The number of nitrogens with one attached hydrogen (secondary N) is 2. The Bertz CT molecular complexity index is 984. The van der Waals surface area contributed by atoms with Crippen LogP contribution in [-0.2, 0) is 16.1 Å². The van der Waals surface area contributed by atoms with Crippen LogP contribution >= 0.6 is 11.6 Å². The van der Waals surface area contributed by atoms with Gasteiger partial charge in [0.15, 0.2) is 0 Å². The number of hydrazone groups is 1. The number of nitrogens with zero attached hydrogens (tertiary/aromatic N) is 3. The lowest BCUT2D eigenvalue weighted by atomic mass is 10.1. The summed E-state index contributed by atoms with van der Waals surface area (Å²) in [6, 6.07) is 4.26. The lowest BCUT2D eigenvalue weighted by Crippen LogP contribution is -2.31. The van der Waals surface area contributed by atoms with Crippen LogP contribution in [0.3, 0.4) is 0 Å². The molecule has 7 nitrogen and oxygen atoms in total. The van der Waals surface area contributed by atoms with Crippen molar-refractivity contribution in [3.8, 4) is 0 Å². The highest BCUT2D eigenvalue weighted by molar-refractivity contribution is 6.30. The smallest absolute Gasteiger partial charge is 0.253 e. The Morgan fingerprint density at radius 3 is 2.26 bits per heavy atom. The highest BCUT2D eigenvalue weighted by Gasteiger charge is 2.20. The monoisotopic (exact) mass is 507 g/mol. The van der Waals surface area contributed by atoms with Crippen LogP contribution in [0.5, 0.6) is 0 Å². The van der Waals surface area contributed by atoms with E-state index in [1.807, 2.05) is 0 Å². The van der Waals surface area contributed by atoms with Crippen molar-refractivity contribution in [1.82, 2.24) is 15.6 Å². The predicted octanol–water partition coefficient (Wildman–Crippen LogP) is 5.82. The van der Waals surface area contributed by atoms with Crippen molar-refractivity contribution in [3.63, 3.8) is 0 Å². The van der Waals surface area contributed by atoms with E-state index in [9.17, 15) is 14.0 Å². The van der Waals surface area contributed by atoms with Gasteiger partial charge in [0.2, 0.25) is 5.91 Å². The predicted molar refractivity (Wildman–Crippen MR) is 144 cm³/mol. The number of rotatable bonds is 8. The SMILES string of the molecule is CC=N/C(C)=C(\C(=C\C)C(=O)NCc1ccc(F)c(Cl)c1)N(C)/N=C(\C)NC(C)=O.CCC(C)C. The number of carbonyl (C=O) groups is 2. The Kier molecular flexibility index (Phi) is 15.2. The van der Waals surface area contributed by atoms with Crippen LogP contribution in [0.4, 0.5) is 4.39 Å². The lowest BCUT2D eigenvalue weighted by molar-refractivity contribution is -0.118. The van der Waals surface area contributed by atoms with Gasteiger partial charge < -0.3 is 10.6 Å². The molecule has 0 aliphatic rings. The van der Waals surface area contributed by atoms with Gasteiger partial charge in [-0.1, -0.05) is 50.9 Å². The van der Waals surface area contributed by atoms with Gasteiger partial charge in [-0.05, 0) is 51.3 Å². The van der Waals surface area contributed by atoms with Crippen molar-refractivity contribution in [3.05, 3.63) is 57.6 Å². The summed E-state index contributed by atoms with van der Waals surface area (Å²) in [6.45, 7) is 15.1. The summed E-state index contributed by atoms with van der Waals surface area (Å²) in [4.78, 5) is 28.4. The normalized spacial score (nSPS) is 12.7. The second kappa shape index (κ2) is 16.6. The van der Waals surface area contributed by atoms with Crippen molar-refractivity contribution >= 4 is 35.5 Å². The van der Waals surface area contributed by atoms with Gasteiger partial charge in [0.05, 0.1) is 22.0 Å². The maximum absolute atomic E-state index is 13.3. The first-order valence-electron chi connectivity index (χ1n) is 11.5. The molecule has 0 aliphatic carbocycles. The molecule has 0 radical (unpaired) electrons. The second-order valence-electron chi connectivity index (χ2n) is 8.15. The molecule has 2 amide bonds. The molecule has 0 fully saturated rings. The third-order valence-corrected chi connectivity index (χ3v) is 4.98. The van der Waals surface area contributed by atoms with E-state index < -0.39 is 5.82 Å². The van der Waals surface area contributed by atoms with Crippen LogP contribution in [0, 0.1) is 11.7 Å². The lowest BCUT2D eigenvalue weighted by Gasteiger charge is -2.22. The fourth-order valence-corrected chi connectivity index (χ4v) is 2.92. The van der Waals surface area contributed by atoms with Gasteiger partial charge >= 0.3 is 0 Å². The summed E-state index contributed by atoms with van der Waals surface area (Å²) < 4.78 is 13.3. The molecule has 1 aromatic rings. The number of aliphatic imine (C=N–C) groups is 1. The van der Waals surface area contributed by atoms with E-state index in [-0.39, 0.29) is 23.4 Å². The number of amides is 2. The number of carbonyl (C=O) groups excluding carboxylic acids is 2. The molecule has 1 aromatic carbocycles. The molecule has 0 saturated carbocycles. The molecule has 0 spiro atoms. The van der Waals surface area contributed by atoms with Gasteiger partial charge in [-0.25, -0.2) is 4.39 Å². The van der Waals surface area contributed by atoms with Crippen molar-refractivity contribution in [2.24, 2.45) is 16.0 Å². The van der Waals surface area contributed by atoms with Gasteiger partial charge in [-0.3, -0.25) is 19.6 Å². The largest absolute Gasteiger partial charge is 0.348 e. The Hall–Kier alpha value is -3.00. The zero-order chi connectivity index (χ0) is 27.1. The minimum atomic E-state index is -0.520. The fourth-order valence-electron chi connectivity index (χ4n) is 2.72. The summed E-state index contributed by atoms with van der Waals surface area (Å²) in [5.74, 6) is 0.119. The first-order valence-corrected chi connectivity index (χ1v) is 11.9. The van der Waals surface area contributed by atoms with Crippen LogP contribution in [0.2, 0.25) is 5.02 Å². The number of hydrogen-bond donors (Lipinski definition) is 2. The van der Waals surface area contributed by atoms with E-state index in [1.54, 1.807) is 53.1 Å². The molecular formula is C26H39ClFN5O2. The van der Waals surface area contributed by atoms with Gasteiger partial charge in [0.1, 0.15) is 11.7 Å². The molecule has 35 heavy (non-hydrogen) atoms. The third kappa shape index (κ3) is 12.3. The topological polar surface area (TPSA) is 86.2 Å². The van der Waals surface area contributed by atoms with Crippen LogP contribution in [0.25, 0.3) is 0 Å². The van der Waals surface area contributed by atoms with Gasteiger partial charge in [-0.15, -0.1) is 0 Å².